The number of benzene rings is 9. The van der Waals surface area contributed by atoms with Gasteiger partial charge in [0.25, 0.3) is 0 Å². The van der Waals surface area contributed by atoms with E-state index in [0.29, 0.717) is 11.5 Å². The smallest absolute Gasteiger partial charge is 0.127 e. The molecule has 0 bridgehead atoms. The highest BCUT2D eigenvalue weighted by molar-refractivity contribution is 5.97. The molecule has 0 fully saturated rings. The Kier molecular flexibility index (Phi) is 10.2. The minimum absolute atomic E-state index is 0.0814. The molecule has 0 heterocycles. The maximum Gasteiger partial charge on any atom is 0.127 e. The van der Waals surface area contributed by atoms with E-state index >= 15 is 0 Å². The lowest BCUT2D eigenvalue weighted by Gasteiger charge is -2.33. The summed E-state index contributed by atoms with van der Waals surface area (Å²) in [5.74, 6) is 1.43. The average Bonchev–Trinajstić information content (AvgIpc) is 3.29. The third kappa shape index (κ3) is 6.98. The van der Waals surface area contributed by atoms with E-state index in [2.05, 4.69) is 183 Å². The lowest BCUT2D eigenvalue weighted by Crippen LogP contribution is -2.25. The number of ether oxygens (including phenoxy) is 2. The first-order valence-electron chi connectivity index (χ1n) is 19.9. The molecule has 0 atom stereocenters. The van der Waals surface area contributed by atoms with Crippen molar-refractivity contribution >= 4 is 32.3 Å². The summed E-state index contributed by atoms with van der Waals surface area (Å²) in [6.07, 6.45) is 0. The second-order valence-corrected chi connectivity index (χ2v) is 14.9. The Balaban J connectivity index is 1.25. The Morgan fingerprint density at radius 3 is 1.36 bits per heavy atom. The predicted molar refractivity (Wildman–Crippen MR) is 239 cm³/mol. The lowest BCUT2D eigenvalue weighted by atomic mass is 9.70. The van der Waals surface area contributed by atoms with Crippen molar-refractivity contribution in [2.45, 2.75) is 12.3 Å². The molecule has 0 unspecified atom stereocenters. The number of aliphatic hydroxyl groups excluding tert-OH is 2. The minimum atomic E-state index is -0.653. The molecule has 9 aromatic carbocycles. The molecule has 9 aromatic rings. The fourth-order valence-corrected chi connectivity index (χ4v) is 8.37. The van der Waals surface area contributed by atoms with Crippen LogP contribution >= 0.6 is 0 Å². The first kappa shape index (κ1) is 36.9. The van der Waals surface area contributed by atoms with Crippen molar-refractivity contribution in [2.24, 2.45) is 0 Å². The first-order chi connectivity index (χ1) is 28.5. The van der Waals surface area contributed by atoms with E-state index in [9.17, 15) is 10.2 Å². The minimum Gasteiger partial charge on any atom is -0.491 e. The van der Waals surface area contributed by atoms with E-state index in [4.69, 9.17) is 9.47 Å². The Morgan fingerprint density at radius 1 is 0.379 bits per heavy atom. The van der Waals surface area contributed by atoms with Gasteiger partial charge < -0.3 is 19.7 Å². The predicted octanol–water partition coefficient (Wildman–Crippen LogP) is 12.2. The van der Waals surface area contributed by atoms with Crippen molar-refractivity contribution in [1.29, 1.82) is 0 Å². The van der Waals surface area contributed by atoms with E-state index < -0.39 is 5.41 Å². The largest absolute Gasteiger partial charge is 0.491 e. The summed E-state index contributed by atoms with van der Waals surface area (Å²) in [6.45, 7) is 2.51. The zero-order chi connectivity index (χ0) is 39.5. The third-order valence-corrected chi connectivity index (χ3v) is 11.5. The van der Waals surface area contributed by atoms with Crippen LogP contribution in [-0.4, -0.2) is 36.6 Å². The van der Waals surface area contributed by atoms with E-state index in [1.807, 2.05) is 12.1 Å². The number of fused-ring (bicyclic) bond motifs is 3. The summed E-state index contributed by atoms with van der Waals surface area (Å²) < 4.78 is 12.4. The Hall–Kier alpha value is -6.72. The van der Waals surface area contributed by atoms with Gasteiger partial charge in [0, 0.05) is 16.5 Å². The number of rotatable bonds is 12. The van der Waals surface area contributed by atoms with Crippen LogP contribution < -0.4 is 9.47 Å². The van der Waals surface area contributed by atoms with Gasteiger partial charge in [-0.3, -0.25) is 0 Å². The van der Waals surface area contributed by atoms with Crippen molar-refractivity contribution in [1.82, 2.24) is 0 Å². The second-order valence-electron chi connectivity index (χ2n) is 14.9. The topological polar surface area (TPSA) is 58.9 Å². The summed E-state index contributed by atoms with van der Waals surface area (Å²) >= 11 is 0. The highest BCUT2D eigenvalue weighted by atomic mass is 16.5. The molecule has 0 aliphatic heterocycles. The molecule has 284 valence electrons. The number of aliphatic hydroxyl groups is 2. The first-order valence-corrected chi connectivity index (χ1v) is 19.9. The highest BCUT2D eigenvalue weighted by Crippen LogP contribution is 2.46. The van der Waals surface area contributed by atoms with Gasteiger partial charge >= 0.3 is 0 Å². The van der Waals surface area contributed by atoms with E-state index in [-0.39, 0.29) is 26.4 Å². The van der Waals surface area contributed by atoms with Gasteiger partial charge in [0.1, 0.15) is 24.7 Å². The van der Waals surface area contributed by atoms with Crippen molar-refractivity contribution in [3.05, 3.63) is 205 Å². The molecule has 0 radical (unpaired) electrons. The van der Waals surface area contributed by atoms with Crippen LogP contribution in [0.1, 0.15) is 23.6 Å². The van der Waals surface area contributed by atoms with Crippen LogP contribution in [0.5, 0.6) is 11.5 Å². The third-order valence-electron chi connectivity index (χ3n) is 11.5. The molecule has 4 heteroatoms. The second kappa shape index (κ2) is 16.0. The highest BCUT2D eigenvalue weighted by Gasteiger charge is 2.33. The molecule has 0 saturated carbocycles. The van der Waals surface area contributed by atoms with Crippen molar-refractivity contribution in [3.8, 4) is 44.9 Å². The van der Waals surface area contributed by atoms with E-state index in [1.54, 1.807) is 0 Å². The van der Waals surface area contributed by atoms with Gasteiger partial charge in [-0.1, -0.05) is 152 Å². The molecule has 0 aromatic heterocycles. The molecular weight excluding hydrogens is 713 g/mol. The van der Waals surface area contributed by atoms with Gasteiger partial charge in [0.15, 0.2) is 0 Å². The molecular formula is C54H44O4. The molecule has 0 amide bonds. The average molecular weight is 757 g/mol. The van der Waals surface area contributed by atoms with Crippen molar-refractivity contribution in [3.63, 3.8) is 0 Å². The summed E-state index contributed by atoms with van der Waals surface area (Å²) in [4.78, 5) is 0. The maximum atomic E-state index is 9.78. The van der Waals surface area contributed by atoms with Gasteiger partial charge in [-0.2, -0.15) is 0 Å². The molecule has 0 aliphatic rings. The summed E-state index contributed by atoms with van der Waals surface area (Å²) in [5, 5.41) is 26.6. The summed E-state index contributed by atoms with van der Waals surface area (Å²) in [5.41, 5.74) is 8.95. The van der Waals surface area contributed by atoms with Gasteiger partial charge in [-0.25, -0.2) is 0 Å². The quantitative estimate of drug-likeness (QED) is 0.122. The monoisotopic (exact) mass is 756 g/mol. The molecule has 0 saturated heterocycles. The lowest BCUT2D eigenvalue weighted by molar-refractivity contribution is 0.202. The van der Waals surface area contributed by atoms with Crippen LogP contribution in [0.25, 0.3) is 65.7 Å². The Labute approximate surface area is 339 Å². The molecule has 58 heavy (non-hydrogen) atoms. The molecule has 2 N–H and O–H groups in total. The van der Waals surface area contributed by atoms with Crippen LogP contribution in [0.2, 0.25) is 0 Å². The van der Waals surface area contributed by atoms with E-state index in [1.165, 1.54) is 27.1 Å². The molecule has 0 aliphatic carbocycles. The number of hydrogen-bond donors (Lipinski definition) is 2. The van der Waals surface area contributed by atoms with Gasteiger partial charge in [0.2, 0.25) is 0 Å². The van der Waals surface area contributed by atoms with Gasteiger partial charge in [0.05, 0.1) is 13.2 Å². The molecule has 4 nitrogen and oxygen atoms in total. The molecule has 9 rings (SSSR count). The normalized spacial score (nSPS) is 11.6. The fourth-order valence-electron chi connectivity index (χ4n) is 8.37. The fraction of sp³-hybridized carbons (Fsp3) is 0.111. The van der Waals surface area contributed by atoms with E-state index in [0.717, 1.165) is 55.3 Å². The summed E-state index contributed by atoms with van der Waals surface area (Å²) in [7, 11) is 0. The van der Waals surface area contributed by atoms with Crippen LogP contribution in [0.4, 0.5) is 0 Å². The zero-order valence-electron chi connectivity index (χ0n) is 32.4. The standard InChI is InChI=1S/C54H44O4/c1-54(45-23-21-40(22-24-45)49-16-8-14-39-11-6-7-15-48(39)49,46-25-27-52(57-31-29-55)50(35-46)43-19-17-37-9-2-4-12-41(37)33-43)47-26-28-53(58-32-30-56)51(36-47)44-20-18-38-10-3-5-13-42(38)34-44/h2-28,33-36,55-56H,29-32H2,1H3. The zero-order valence-corrected chi connectivity index (χ0v) is 32.4. The van der Waals surface area contributed by atoms with Crippen LogP contribution in [0.15, 0.2) is 188 Å². The van der Waals surface area contributed by atoms with Crippen LogP contribution in [-0.2, 0) is 5.41 Å². The summed E-state index contributed by atoms with van der Waals surface area (Å²) in [6, 6.07) is 66.7. The maximum absolute atomic E-state index is 9.78. The van der Waals surface area contributed by atoms with Gasteiger partial charge in [-0.05, 0) is 115 Å². The van der Waals surface area contributed by atoms with Crippen molar-refractivity contribution in [2.75, 3.05) is 26.4 Å². The Morgan fingerprint density at radius 2 is 0.828 bits per heavy atom. The number of hydrogen-bond acceptors (Lipinski definition) is 4. The SMILES string of the molecule is CC(c1ccc(-c2cccc3ccccc23)cc1)(c1ccc(OCCO)c(-c2ccc3ccccc3c2)c1)c1ccc(OCCO)c(-c2ccc3ccccc3c2)c1. The van der Waals surface area contributed by atoms with Crippen molar-refractivity contribution < 1.29 is 19.7 Å². The van der Waals surface area contributed by atoms with Crippen LogP contribution in [0.3, 0.4) is 0 Å². The Bertz CT molecular complexity index is 2750. The van der Waals surface area contributed by atoms with Crippen LogP contribution in [0, 0.1) is 0 Å². The molecule has 0 spiro atoms. The van der Waals surface area contributed by atoms with Gasteiger partial charge in [-0.15, -0.1) is 0 Å².